The molecule has 2 saturated heterocycles. The molecular weight excluding hydrogens is 386 g/mol. The number of thiophene rings is 1. The second-order valence-corrected chi connectivity index (χ2v) is 8.11. The summed E-state index contributed by atoms with van der Waals surface area (Å²) in [4.78, 5) is 21.7. The number of piperazine rings is 1. The molecule has 156 valence electrons. The number of aromatic nitrogens is 2. The van der Waals surface area contributed by atoms with E-state index in [0.717, 1.165) is 70.9 Å². The zero-order chi connectivity index (χ0) is 19.9. The highest BCUT2D eigenvalue weighted by atomic mass is 32.1. The van der Waals surface area contributed by atoms with E-state index in [0.29, 0.717) is 6.04 Å². The lowest BCUT2D eigenvalue weighted by Gasteiger charge is -2.38. The Morgan fingerprint density at radius 2 is 1.90 bits per heavy atom. The van der Waals surface area contributed by atoms with Crippen molar-refractivity contribution >= 4 is 23.2 Å². The van der Waals surface area contributed by atoms with Gasteiger partial charge in [-0.3, -0.25) is 9.89 Å². The van der Waals surface area contributed by atoms with Crippen LogP contribution in [0.2, 0.25) is 0 Å². The molecule has 29 heavy (non-hydrogen) atoms. The number of ether oxygens (including phenoxy) is 1. The van der Waals surface area contributed by atoms with Gasteiger partial charge in [0.1, 0.15) is 0 Å². The first-order valence-corrected chi connectivity index (χ1v) is 11.1. The van der Waals surface area contributed by atoms with Crippen molar-refractivity contribution < 1.29 is 4.74 Å². The van der Waals surface area contributed by atoms with E-state index in [9.17, 15) is 0 Å². The largest absolute Gasteiger partial charge is 0.379 e. The number of hydrogen-bond acceptors (Lipinski definition) is 7. The van der Waals surface area contributed by atoms with Gasteiger partial charge in [0.25, 0.3) is 0 Å². The first-order valence-electron chi connectivity index (χ1n) is 10.2. The summed E-state index contributed by atoms with van der Waals surface area (Å²) in [6.07, 6.45) is 3.59. The van der Waals surface area contributed by atoms with Crippen LogP contribution in [0.1, 0.15) is 10.9 Å². The van der Waals surface area contributed by atoms with Gasteiger partial charge in [0.15, 0.2) is 5.96 Å². The minimum Gasteiger partial charge on any atom is -0.379 e. The zero-order valence-electron chi connectivity index (χ0n) is 16.9. The Morgan fingerprint density at radius 3 is 2.55 bits per heavy atom. The van der Waals surface area contributed by atoms with Crippen LogP contribution in [0.3, 0.4) is 0 Å². The van der Waals surface area contributed by atoms with Gasteiger partial charge in [-0.25, -0.2) is 9.97 Å². The highest BCUT2D eigenvalue weighted by Gasteiger charge is 2.26. The van der Waals surface area contributed by atoms with Gasteiger partial charge in [-0.2, -0.15) is 0 Å². The van der Waals surface area contributed by atoms with Crippen molar-refractivity contribution in [2.24, 2.45) is 4.99 Å². The lowest BCUT2D eigenvalue weighted by Crippen LogP contribution is -2.54. The molecule has 0 bridgehead atoms. The predicted octanol–water partition coefficient (Wildman–Crippen LogP) is 1.31. The fraction of sp³-hybridized carbons (Fsp3) is 0.550. The molecule has 0 aliphatic carbocycles. The second-order valence-electron chi connectivity index (χ2n) is 7.13. The third-order valence-electron chi connectivity index (χ3n) is 5.44. The van der Waals surface area contributed by atoms with Gasteiger partial charge in [0, 0.05) is 70.1 Å². The summed E-state index contributed by atoms with van der Waals surface area (Å²) in [7, 11) is 1.86. The molecule has 2 aliphatic heterocycles. The number of nitrogens with zero attached hydrogens (tertiary/aromatic N) is 6. The van der Waals surface area contributed by atoms with E-state index in [-0.39, 0.29) is 0 Å². The van der Waals surface area contributed by atoms with Crippen molar-refractivity contribution in [1.29, 1.82) is 0 Å². The van der Waals surface area contributed by atoms with Crippen molar-refractivity contribution in [3.05, 3.63) is 40.8 Å². The molecule has 0 saturated carbocycles. The first kappa shape index (κ1) is 20.1. The molecule has 4 rings (SSSR count). The summed E-state index contributed by atoms with van der Waals surface area (Å²) in [6.45, 7) is 7.98. The Bertz CT molecular complexity index is 756. The van der Waals surface area contributed by atoms with Crippen LogP contribution < -0.4 is 10.2 Å². The third kappa shape index (κ3) is 5.04. The number of aliphatic imine (C=N–C) groups is 1. The van der Waals surface area contributed by atoms with Crippen molar-refractivity contribution in [2.75, 3.05) is 71.0 Å². The highest BCUT2D eigenvalue weighted by Crippen LogP contribution is 2.25. The average molecular weight is 416 g/mol. The smallest absolute Gasteiger partial charge is 0.225 e. The van der Waals surface area contributed by atoms with Crippen LogP contribution in [-0.2, 0) is 4.74 Å². The number of morpholine rings is 1. The van der Waals surface area contributed by atoms with Gasteiger partial charge in [-0.05, 0) is 17.5 Å². The van der Waals surface area contributed by atoms with Crippen LogP contribution in [0.25, 0.3) is 0 Å². The van der Waals surface area contributed by atoms with Gasteiger partial charge in [-0.15, -0.1) is 11.3 Å². The van der Waals surface area contributed by atoms with E-state index in [1.165, 1.54) is 4.88 Å². The van der Waals surface area contributed by atoms with E-state index in [1.807, 2.05) is 24.5 Å². The highest BCUT2D eigenvalue weighted by molar-refractivity contribution is 7.10. The fourth-order valence-electron chi connectivity index (χ4n) is 3.87. The maximum atomic E-state index is 5.55. The SMILES string of the molecule is CN=C(NCC(c1cccs1)N1CCOCC1)N1CCN(c2ncccn2)CC1. The number of hydrogen-bond donors (Lipinski definition) is 1. The number of anilines is 1. The Morgan fingerprint density at radius 1 is 1.14 bits per heavy atom. The summed E-state index contributed by atoms with van der Waals surface area (Å²) in [6, 6.07) is 6.56. The molecule has 2 fully saturated rings. The quantitative estimate of drug-likeness (QED) is 0.583. The number of guanidine groups is 1. The Hall–Kier alpha value is -2.23. The van der Waals surface area contributed by atoms with Gasteiger partial charge in [-0.1, -0.05) is 6.07 Å². The lowest BCUT2D eigenvalue weighted by atomic mass is 10.2. The van der Waals surface area contributed by atoms with E-state index >= 15 is 0 Å². The molecule has 1 unspecified atom stereocenters. The normalized spacial score (nSPS) is 20.0. The summed E-state index contributed by atoms with van der Waals surface area (Å²) >= 11 is 1.82. The minimum atomic E-state index is 0.342. The van der Waals surface area contributed by atoms with Crippen molar-refractivity contribution in [2.45, 2.75) is 6.04 Å². The molecule has 2 aromatic heterocycles. The Labute approximate surface area is 176 Å². The predicted molar refractivity (Wildman–Crippen MR) is 117 cm³/mol. The van der Waals surface area contributed by atoms with Crippen LogP contribution in [0.4, 0.5) is 5.95 Å². The third-order valence-corrected chi connectivity index (χ3v) is 6.41. The van der Waals surface area contributed by atoms with Crippen molar-refractivity contribution in [1.82, 2.24) is 25.1 Å². The summed E-state index contributed by atoms with van der Waals surface area (Å²) in [5.74, 6) is 1.77. The summed E-state index contributed by atoms with van der Waals surface area (Å²) in [5, 5.41) is 5.78. The molecule has 0 amide bonds. The van der Waals surface area contributed by atoms with E-state index in [1.54, 1.807) is 12.4 Å². The van der Waals surface area contributed by atoms with E-state index in [4.69, 9.17) is 4.74 Å². The topological polar surface area (TPSA) is 69.1 Å². The fourth-order valence-corrected chi connectivity index (χ4v) is 4.73. The van der Waals surface area contributed by atoms with Crippen molar-refractivity contribution in [3.63, 3.8) is 0 Å². The monoisotopic (exact) mass is 415 g/mol. The first-order chi connectivity index (χ1) is 14.3. The van der Waals surface area contributed by atoms with Crippen LogP contribution in [0, 0.1) is 0 Å². The maximum Gasteiger partial charge on any atom is 0.225 e. The molecule has 0 aromatic carbocycles. The second kappa shape index (κ2) is 10.00. The van der Waals surface area contributed by atoms with Crippen LogP contribution >= 0.6 is 11.3 Å². The molecule has 0 spiro atoms. The standard InChI is InChI=1S/C20H29N7OS/c1-21-19(26-7-9-27(10-8-26)20-22-5-3-6-23-20)24-16-17(18-4-2-15-29-18)25-11-13-28-14-12-25/h2-6,15,17H,7-14,16H2,1H3,(H,21,24). The van der Waals surface area contributed by atoms with Crippen molar-refractivity contribution in [3.8, 4) is 0 Å². The molecule has 9 heteroatoms. The number of nitrogens with one attached hydrogen (secondary N) is 1. The van der Waals surface area contributed by atoms with Crippen LogP contribution in [0.5, 0.6) is 0 Å². The molecule has 0 radical (unpaired) electrons. The molecule has 2 aromatic rings. The molecule has 2 aliphatic rings. The number of rotatable bonds is 5. The lowest BCUT2D eigenvalue weighted by molar-refractivity contribution is 0.0176. The van der Waals surface area contributed by atoms with Gasteiger partial charge < -0.3 is 19.9 Å². The molecule has 4 heterocycles. The molecule has 8 nitrogen and oxygen atoms in total. The van der Waals surface area contributed by atoms with Gasteiger partial charge in [0.2, 0.25) is 5.95 Å². The molecular formula is C20H29N7OS. The molecule has 1 atom stereocenters. The summed E-state index contributed by atoms with van der Waals surface area (Å²) in [5.41, 5.74) is 0. The van der Waals surface area contributed by atoms with Gasteiger partial charge >= 0.3 is 0 Å². The summed E-state index contributed by atoms with van der Waals surface area (Å²) < 4.78 is 5.55. The van der Waals surface area contributed by atoms with E-state index in [2.05, 4.69) is 52.5 Å². The maximum absolute atomic E-state index is 5.55. The minimum absolute atomic E-state index is 0.342. The average Bonchev–Trinajstić information content (AvgIpc) is 3.33. The van der Waals surface area contributed by atoms with Crippen LogP contribution in [-0.4, -0.2) is 91.8 Å². The molecule has 1 N–H and O–H groups in total. The zero-order valence-corrected chi connectivity index (χ0v) is 17.7. The Kier molecular flexibility index (Phi) is 6.91. The van der Waals surface area contributed by atoms with E-state index < -0.39 is 0 Å². The Balaban J connectivity index is 1.35. The van der Waals surface area contributed by atoms with Gasteiger partial charge in [0.05, 0.1) is 19.3 Å². The van der Waals surface area contributed by atoms with Crippen LogP contribution in [0.15, 0.2) is 41.0 Å².